The third-order valence-corrected chi connectivity index (χ3v) is 3.46. The summed E-state index contributed by atoms with van der Waals surface area (Å²) >= 11 is 0. The van der Waals surface area contributed by atoms with Crippen molar-refractivity contribution in [2.75, 3.05) is 6.61 Å². The first-order valence-electron chi connectivity index (χ1n) is 7.32. The van der Waals surface area contributed by atoms with Gasteiger partial charge in [0, 0.05) is 12.0 Å². The highest BCUT2D eigenvalue weighted by Crippen LogP contribution is 2.14. The maximum atomic E-state index is 12.9. The van der Waals surface area contributed by atoms with Crippen LogP contribution in [0.15, 0.2) is 24.3 Å². The van der Waals surface area contributed by atoms with E-state index >= 15 is 0 Å². The first-order valence-corrected chi connectivity index (χ1v) is 7.32. The zero-order valence-corrected chi connectivity index (χ0v) is 12.9. The van der Waals surface area contributed by atoms with E-state index in [1.165, 1.54) is 12.1 Å². The Kier molecular flexibility index (Phi) is 5.31. The van der Waals surface area contributed by atoms with Gasteiger partial charge >= 0.3 is 11.9 Å². The third-order valence-electron chi connectivity index (χ3n) is 3.46. The van der Waals surface area contributed by atoms with Crippen molar-refractivity contribution in [1.82, 2.24) is 5.32 Å². The Hall–Kier alpha value is -2.44. The lowest BCUT2D eigenvalue weighted by molar-refractivity contribution is -0.162. The van der Waals surface area contributed by atoms with Gasteiger partial charge in [0.2, 0.25) is 6.10 Å². The van der Waals surface area contributed by atoms with Crippen molar-refractivity contribution in [3.63, 3.8) is 0 Å². The Labute approximate surface area is 133 Å². The quantitative estimate of drug-likeness (QED) is 0.829. The number of hydrogen-bond acceptors (Lipinski definition) is 5. The number of hydrogen-bond donors (Lipinski definition) is 1. The van der Waals surface area contributed by atoms with Crippen LogP contribution in [0.5, 0.6) is 0 Å². The van der Waals surface area contributed by atoms with E-state index in [0.717, 1.165) is 12.1 Å². The fourth-order valence-electron chi connectivity index (χ4n) is 2.12. The number of amides is 1. The summed E-state index contributed by atoms with van der Waals surface area (Å²) in [6.45, 7) is 3.69. The standard InChI is InChI=1S/C16H18FNO5/c1-9(2)13(16(21)23-12-7-8-22-15(12)20)18-14(19)10-3-5-11(17)6-4-10/h3-6,9,12-13H,7-8H2,1-2H3,(H,18,19). The summed E-state index contributed by atoms with van der Waals surface area (Å²) in [7, 11) is 0. The predicted molar refractivity (Wildman–Crippen MR) is 77.9 cm³/mol. The Bertz CT molecular complexity index is 599. The SMILES string of the molecule is CC(C)C(NC(=O)c1ccc(F)cc1)C(=O)OC1CCOC1=O. The van der Waals surface area contributed by atoms with Gasteiger partial charge in [0.15, 0.2) is 0 Å². The van der Waals surface area contributed by atoms with Crippen LogP contribution in [0.3, 0.4) is 0 Å². The second-order valence-corrected chi connectivity index (χ2v) is 5.58. The van der Waals surface area contributed by atoms with E-state index in [0.29, 0.717) is 6.42 Å². The second-order valence-electron chi connectivity index (χ2n) is 5.58. The van der Waals surface area contributed by atoms with Gasteiger partial charge in [0.25, 0.3) is 5.91 Å². The highest BCUT2D eigenvalue weighted by atomic mass is 19.1. The van der Waals surface area contributed by atoms with Crippen LogP contribution in [-0.2, 0) is 19.1 Å². The highest BCUT2D eigenvalue weighted by Gasteiger charge is 2.34. The minimum absolute atomic E-state index is 0.213. The van der Waals surface area contributed by atoms with Crippen molar-refractivity contribution in [1.29, 1.82) is 0 Å². The molecule has 0 bridgehead atoms. The van der Waals surface area contributed by atoms with Crippen molar-refractivity contribution in [2.45, 2.75) is 32.4 Å². The lowest BCUT2D eigenvalue weighted by Gasteiger charge is -2.22. The Morgan fingerprint density at radius 2 is 1.96 bits per heavy atom. The zero-order chi connectivity index (χ0) is 17.0. The van der Waals surface area contributed by atoms with E-state index in [2.05, 4.69) is 5.32 Å². The number of carbonyl (C=O) groups excluding carboxylic acids is 3. The number of benzene rings is 1. The molecule has 7 heteroatoms. The van der Waals surface area contributed by atoms with E-state index in [1.54, 1.807) is 13.8 Å². The van der Waals surface area contributed by atoms with Crippen LogP contribution in [0, 0.1) is 11.7 Å². The maximum absolute atomic E-state index is 12.9. The average molecular weight is 323 g/mol. The number of nitrogens with one attached hydrogen (secondary N) is 1. The Balaban J connectivity index is 2.02. The molecule has 1 heterocycles. The fraction of sp³-hybridized carbons (Fsp3) is 0.438. The fourth-order valence-corrected chi connectivity index (χ4v) is 2.12. The van der Waals surface area contributed by atoms with Gasteiger partial charge in [-0.25, -0.2) is 14.0 Å². The number of carbonyl (C=O) groups is 3. The van der Waals surface area contributed by atoms with Crippen molar-refractivity contribution < 1.29 is 28.2 Å². The molecule has 0 aliphatic carbocycles. The van der Waals surface area contributed by atoms with Crippen molar-refractivity contribution in [3.8, 4) is 0 Å². The summed E-state index contributed by atoms with van der Waals surface area (Å²) in [6, 6.07) is 4.04. The molecule has 1 aromatic carbocycles. The summed E-state index contributed by atoms with van der Waals surface area (Å²) < 4.78 is 22.7. The van der Waals surface area contributed by atoms with E-state index in [1.807, 2.05) is 0 Å². The number of rotatable bonds is 5. The number of halogens is 1. The van der Waals surface area contributed by atoms with E-state index < -0.39 is 35.8 Å². The predicted octanol–water partition coefficient (Wildman–Crippen LogP) is 1.44. The maximum Gasteiger partial charge on any atom is 0.347 e. The molecular weight excluding hydrogens is 305 g/mol. The van der Waals surface area contributed by atoms with Gasteiger partial charge in [-0.2, -0.15) is 0 Å². The summed E-state index contributed by atoms with van der Waals surface area (Å²) in [5, 5.41) is 2.55. The van der Waals surface area contributed by atoms with E-state index in [9.17, 15) is 18.8 Å². The topological polar surface area (TPSA) is 81.7 Å². The van der Waals surface area contributed by atoms with Gasteiger partial charge in [-0.05, 0) is 30.2 Å². The third kappa shape index (κ3) is 4.28. The first kappa shape index (κ1) is 16.9. The molecule has 1 aliphatic rings. The molecule has 1 saturated heterocycles. The van der Waals surface area contributed by atoms with Crippen LogP contribution in [0.4, 0.5) is 4.39 Å². The molecule has 0 radical (unpaired) electrons. The molecule has 0 spiro atoms. The Morgan fingerprint density at radius 1 is 1.30 bits per heavy atom. The lowest BCUT2D eigenvalue weighted by atomic mass is 10.0. The molecule has 0 saturated carbocycles. The molecule has 124 valence electrons. The largest absolute Gasteiger partial charge is 0.463 e. The molecule has 1 N–H and O–H groups in total. The van der Waals surface area contributed by atoms with Crippen LogP contribution in [-0.4, -0.2) is 36.6 Å². The van der Waals surface area contributed by atoms with Crippen molar-refractivity contribution >= 4 is 17.8 Å². The number of ether oxygens (including phenoxy) is 2. The van der Waals surface area contributed by atoms with Gasteiger partial charge in [-0.3, -0.25) is 4.79 Å². The summed E-state index contributed by atoms with van der Waals surface area (Å²) in [6.07, 6.45) is -0.618. The van der Waals surface area contributed by atoms with Crippen LogP contribution in [0.25, 0.3) is 0 Å². The normalized spacial score (nSPS) is 18.4. The average Bonchev–Trinajstić information content (AvgIpc) is 2.90. The second kappa shape index (κ2) is 7.21. The first-order chi connectivity index (χ1) is 10.9. The molecule has 1 aliphatic heterocycles. The molecular formula is C16H18FNO5. The number of esters is 2. The summed E-state index contributed by atoms with van der Waals surface area (Å²) in [5.74, 6) is -2.50. The van der Waals surface area contributed by atoms with Gasteiger partial charge in [0.05, 0.1) is 6.61 Å². The van der Waals surface area contributed by atoms with Crippen LogP contribution < -0.4 is 5.32 Å². The lowest BCUT2D eigenvalue weighted by Crippen LogP contribution is -2.46. The smallest absolute Gasteiger partial charge is 0.347 e. The monoisotopic (exact) mass is 323 g/mol. The van der Waals surface area contributed by atoms with E-state index in [-0.39, 0.29) is 18.1 Å². The summed E-state index contributed by atoms with van der Waals surface area (Å²) in [5.41, 5.74) is 0.227. The minimum Gasteiger partial charge on any atom is -0.463 e. The highest BCUT2D eigenvalue weighted by molar-refractivity contribution is 5.97. The molecule has 6 nitrogen and oxygen atoms in total. The molecule has 0 aromatic heterocycles. The molecule has 23 heavy (non-hydrogen) atoms. The molecule has 1 fully saturated rings. The molecule has 1 aromatic rings. The molecule has 2 rings (SSSR count). The van der Waals surface area contributed by atoms with Crippen LogP contribution >= 0.6 is 0 Å². The Morgan fingerprint density at radius 3 is 2.48 bits per heavy atom. The molecule has 2 atom stereocenters. The van der Waals surface area contributed by atoms with E-state index in [4.69, 9.17) is 9.47 Å². The van der Waals surface area contributed by atoms with Crippen LogP contribution in [0.2, 0.25) is 0 Å². The molecule has 2 unspecified atom stereocenters. The van der Waals surface area contributed by atoms with Crippen molar-refractivity contribution in [2.24, 2.45) is 5.92 Å². The van der Waals surface area contributed by atoms with Gasteiger partial charge in [-0.15, -0.1) is 0 Å². The number of cyclic esters (lactones) is 1. The molecule has 1 amide bonds. The van der Waals surface area contributed by atoms with Gasteiger partial charge < -0.3 is 14.8 Å². The summed E-state index contributed by atoms with van der Waals surface area (Å²) in [4.78, 5) is 35.7. The van der Waals surface area contributed by atoms with Crippen LogP contribution in [0.1, 0.15) is 30.6 Å². The van der Waals surface area contributed by atoms with Gasteiger partial charge in [0.1, 0.15) is 11.9 Å². The minimum atomic E-state index is -0.925. The van der Waals surface area contributed by atoms with Gasteiger partial charge in [-0.1, -0.05) is 13.8 Å². The van der Waals surface area contributed by atoms with Crippen molar-refractivity contribution in [3.05, 3.63) is 35.6 Å². The zero-order valence-electron chi connectivity index (χ0n) is 12.9.